The summed E-state index contributed by atoms with van der Waals surface area (Å²) in [6.07, 6.45) is 1.38. The molecule has 1 heterocycles. The number of halogens is 1. The van der Waals surface area contributed by atoms with Crippen molar-refractivity contribution in [1.29, 1.82) is 5.26 Å². The van der Waals surface area contributed by atoms with Crippen molar-refractivity contribution in [2.75, 3.05) is 5.32 Å². The number of carbonyl (C=O) groups is 1. The Morgan fingerprint density at radius 2 is 2.06 bits per heavy atom. The molecule has 1 N–H and O–H groups in total. The number of hydrogen-bond acceptors (Lipinski definition) is 3. The zero-order valence-corrected chi connectivity index (χ0v) is 9.98. The van der Waals surface area contributed by atoms with Crippen LogP contribution in [0.4, 0.5) is 5.69 Å². The lowest BCUT2D eigenvalue weighted by Crippen LogP contribution is -2.13. The molecule has 0 saturated heterocycles. The summed E-state index contributed by atoms with van der Waals surface area (Å²) in [7, 11) is 0. The lowest BCUT2D eigenvalue weighted by molar-refractivity contribution is 0.102. The third kappa shape index (κ3) is 2.65. The van der Waals surface area contributed by atoms with Gasteiger partial charge in [-0.1, -0.05) is 23.7 Å². The highest BCUT2D eigenvalue weighted by molar-refractivity contribution is 6.29. The van der Waals surface area contributed by atoms with E-state index in [0.29, 0.717) is 22.0 Å². The second-order valence-corrected chi connectivity index (χ2v) is 3.87. The minimum absolute atomic E-state index is 0.323. The molecule has 1 amide bonds. The first-order valence-electron chi connectivity index (χ1n) is 5.13. The maximum absolute atomic E-state index is 11.9. The Morgan fingerprint density at radius 3 is 2.72 bits per heavy atom. The number of nitrogens with zero attached hydrogens (tertiary/aromatic N) is 2. The van der Waals surface area contributed by atoms with Crippen LogP contribution in [0.25, 0.3) is 0 Å². The lowest BCUT2D eigenvalue weighted by atomic mass is 10.2. The van der Waals surface area contributed by atoms with Gasteiger partial charge in [0.1, 0.15) is 11.2 Å². The Hall–Kier alpha value is -2.38. The molecular weight excluding hydrogens is 250 g/mol. The van der Waals surface area contributed by atoms with Gasteiger partial charge < -0.3 is 5.32 Å². The van der Waals surface area contributed by atoms with Gasteiger partial charge in [-0.25, -0.2) is 4.98 Å². The van der Waals surface area contributed by atoms with Crippen molar-refractivity contribution in [3.05, 3.63) is 58.9 Å². The highest BCUT2D eigenvalue weighted by Gasteiger charge is 2.08. The summed E-state index contributed by atoms with van der Waals surface area (Å²) in [6.45, 7) is 0. The van der Waals surface area contributed by atoms with Gasteiger partial charge in [0.25, 0.3) is 5.91 Å². The quantitative estimate of drug-likeness (QED) is 0.842. The average Bonchev–Trinajstić information content (AvgIpc) is 2.40. The maximum atomic E-state index is 11.9. The van der Waals surface area contributed by atoms with Gasteiger partial charge in [-0.15, -0.1) is 0 Å². The van der Waals surface area contributed by atoms with Gasteiger partial charge in [-0.05, 0) is 24.3 Å². The monoisotopic (exact) mass is 257 g/mol. The molecule has 0 saturated carbocycles. The van der Waals surface area contributed by atoms with Gasteiger partial charge in [-0.3, -0.25) is 4.79 Å². The van der Waals surface area contributed by atoms with Gasteiger partial charge in [-0.2, -0.15) is 5.26 Å². The fourth-order valence-corrected chi connectivity index (χ4v) is 1.51. The van der Waals surface area contributed by atoms with E-state index in [0.717, 1.165) is 0 Å². The normalized spacial score (nSPS) is 9.56. The number of para-hydroxylation sites is 1. The summed E-state index contributed by atoms with van der Waals surface area (Å²) in [5, 5.41) is 11.9. The highest BCUT2D eigenvalue weighted by Crippen LogP contribution is 2.15. The molecule has 18 heavy (non-hydrogen) atoms. The Bertz CT molecular complexity index is 617. The van der Waals surface area contributed by atoms with Gasteiger partial charge >= 0.3 is 0 Å². The molecule has 0 spiro atoms. The number of anilines is 1. The van der Waals surface area contributed by atoms with Crippen molar-refractivity contribution >= 4 is 23.2 Å². The molecule has 0 aliphatic heterocycles. The number of aromatic nitrogens is 1. The van der Waals surface area contributed by atoms with Crippen molar-refractivity contribution in [2.24, 2.45) is 0 Å². The standard InChI is InChI=1S/C13H8ClN3O/c14-12-6-5-10(8-16-12)13(18)17-11-4-2-1-3-9(11)7-15/h1-6,8H,(H,17,18). The molecule has 0 unspecified atom stereocenters. The molecule has 0 aliphatic carbocycles. The molecule has 0 aliphatic rings. The smallest absolute Gasteiger partial charge is 0.257 e. The van der Waals surface area contributed by atoms with E-state index in [-0.39, 0.29) is 5.91 Å². The van der Waals surface area contributed by atoms with Crippen molar-refractivity contribution in [1.82, 2.24) is 4.98 Å². The van der Waals surface area contributed by atoms with Gasteiger partial charge in [0.15, 0.2) is 0 Å². The second-order valence-electron chi connectivity index (χ2n) is 3.48. The summed E-state index contributed by atoms with van der Waals surface area (Å²) in [5.41, 5.74) is 1.26. The number of amides is 1. The fraction of sp³-hybridized carbons (Fsp3) is 0. The molecule has 1 aromatic carbocycles. The number of rotatable bonds is 2. The van der Waals surface area contributed by atoms with E-state index in [4.69, 9.17) is 16.9 Å². The van der Waals surface area contributed by atoms with Gasteiger partial charge in [0.2, 0.25) is 0 Å². The summed E-state index contributed by atoms with van der Waals surface area (Å²) in [6, 6.07) is 11.9. The first kappa shape index (κ1) is 12.1. The summed E-state index contributed by atoms with van der Waals surface area (Å²) < 4.78 is 0. The Kier molecular flexibility index (Phi) is 3.56. The molecular formula is C13H8ClN3O. The molecule has 0 radical (unpaired) electrons. The third-order valence-electron chi connectivity index (χ3n) is 2.29. The average molecular weight is 258 g/mol. The van der Waals surface area contributed by atoms with Crippen LogP contribution in [0.1, 0.15) is 15.9 Å². The molecule has 4 nitrogen and oxygen atoms in total. The summed E-state index contributed by atoms with van der Waals surface area (Å²) >= 11 is 5.64. The van der Waals surface area contributed by atoms with Gasteiger partial charge in [0, 0.05) is 6.20 Å². The first-order chi connectivity index (χ1) is 8.70. The van der Waals surface area contributed by atoms with E-state index in [1.54, 1.807) is 30.3 Å². The molecule has 2 rings (SSSR count). The second kappa shape index (κ2) is 5.30. The van der Waals surface area contributed by atoms with Crippen molar-refractivity contribution < 1.29 is 4.79 Å². The molecule has 5 heteroatoms. The van der Waals surface area contributed by atoms with Crippen molar-refractivity contribution in [2.45, 2.75) is 0 Å². The predicted molar refractivity (Wildman–Crippen MR) is 68.4 cm³/mol. The number of nitrogens with one attached hydrogen (secondary N) is 1. The number of carbonyl (C=O) groups excluding carboxylic acids is 1. The van der Waals surface area contributed by atoms with Crippen molar-refractivity contribution in [3.8, 4) is 6.07 Å². The number of nitriles is 1. The number of hydrogen-bond donors (Lipinski definition) is 1. The van der Waals surface area contributed by atoms with Crippen LogP contribution in [-0.4, -0.2) is 10.9 Å². The van der Waals surface area contributed by atoms with E-state index >= 15 is 0 Å². The summed E-state index contributed by atoms with van der Waals surface area (Å²) in [4.78, 5) is 15.7. The van der Waals surface area contributed by atoms with Crippen LogP contribution >= 0.6 is 11.6 Å². The molecule has 0 bridgehead atoms. The van der Waals surface area contributed by atoms with E-state index < -0.39 is 0 Å². The SMILES string of the molecule is N#Cc1ccccc1NC(=O)c1ccc(Cl)nc1. The zero-order chi connectivity index (χ0) is 13.0. The van der Waals surface area contributed by atoms with Crippen molar-refractivity contribution in [3.63, 3.8) is 0 Å². The van der Waals surface area contributed by atoms with Crippen LogP contribution in [0.15, 0.2) is 42.6 Å². The maximum Gasteiger partial charge on any atom is 0.257 e. The van der Waals surface area contributed by atoms with Crippen LogP contribution in [0.2, 0.25) is 5.15 Å². The highest BCUT2D eigenvalue weighted by atomic mass is 35.5. The van der Waals surface area contributed by atoms with Crippen LogP contribution in [0.3, 0.4) is 0 Å². The van der Waals surface area contributed by atoms with Crippen LogP contribution in [0.5, 0.6) is 0 Å². The molecule has 2 aromatic rings. The molecule has 0 atom stereocenters. The Balaban J connectivity index is 2.22. The minimum atomic E-state index is -0.332. The Labute approximate surface area is 109 Å². The number of pyridine rings is 1. The third-order valence-corrected chi connectivity index (χ3v) is 2.51. The largest absolute Gasteiger partial charge is 0.321 e. The minimum Gasteiger partial charge on any atom is -0.321 e. The van der Waals surface area contributed by atoms with E-state index in [9.17, 15) is 4.79 Å². The topological polar surface area (TPSA) is 65.8 Å². The first-order valence-corrected chi connectivity index (χ1v) is 5.50. The predicted octanol–water partition coefficient (Wildman–Crippen LogP) is 2.86. The zero-order valence-electron chi connectivity index (χ0n) is 9.22. The van der Waals surface area contributed by atoms with Crippen LogP contribution in [0, 0.1) is 11.3 Å². The van der Waals surface area contributed by atoms with Crippen LogP contribution < -0.4 is 5.32 Å². The summed E-state index contributed by atoms with van der Waals surface area (Å²) in [5.74, 6) is -0.332. The fourth-order valence-electron chi connectivity index (χ4n) is 1.39. The number of benzene rings is 1. The lowest BCUT2D eigenvalue weighted by Gasteiger charge is -2.06. The van der Waals surface area contributed by atoms with E-state index in [2.05, 4.69) is 10.3 Å². The molecule has 88 valence electrons. The molecule has 1 aromatic heterocycles. The van der Waals surface area contributed by atoms with E-state index in [1.807, 2.05) is 6.07 Å². The van der Waals surface area contributed by atoms with Gasteiger partial charge in [0.05, 0.1) is 16.8 Å². The molecule has 0 fully saturated rings. The van der Waals surface area contributed by atoms with E-state index in [1.165, 1.54) is 12.3 Å². The Morgan fingerprint density at radius 1 is 1.28 bits per heavy atom. The van der Waals surface area contributed by atoms with Crippen LogP contribution in [-0.2, 0) is 0 Å².